The molecular formula is C24H39NO4. The zero-order valence-electron chi connectivity index (χ0n) is 19.5. The number of phenolic OH excluding ortho intramolecular Hbond substituents is 1. The highest BCUT2D eigenvalue weighted by Crippen LogP contribution is 2.31. The van der Waals surface area contributed by atoms with Crippen LogP contribution in [0.15, 0.2) is 30.3 Å². The van der Waals surface area contributed by atoms with Crippen molar-refractivity contribution >= 4 is 5.97 Å². The number of aliphatic carboxylic acids is 1. The van der Waals surface area contributed by atoms with E-state index in [0.29, 0.717) is 11.5 Å². The molecule has 0 spiro atoms. The lowest BCUT2D eigenvalue weighted by atomic mass is 10.0. The molecule has 0 aromatic heterocycles. The number of ether oxygens (including phenoxy) is 1. The molecule has 5 nitrogen and oxygen atoms in total. The average Bonchev–Trinajstić information content (AvgIpc) is 2.72. The molecule has 0 bridgehead atoms. The zero-order chi connectivity index (χ0) is 23.1. The Morgan fingerprint density at radius 3 is 1.83 bits per heavy atom. The van der Waals surface area contributed by atoms with Crippen molar-refractivity contribution < 1.29 is 19.7 Å². The smallest absolute Gasteiger partial charge is 0.320 e. The second kappa shape index (κ2) is 15.4. The number of hydrogen-bond acceptors (Lipinski definition) is 4. The Hall–Kier alpha value is -2.53. The van der Waals surface area contributed by atoms with Gasteiger partial charge in [-0.15, -0.1) is 0 Å². The summed E-state index contributed by atoms with van der Waals surface area (Å²) in [6.07, 6.45) is 0.272. The summed E-state index contributed by atoms with van der Waals surface area (Å²) >= 11 is 0. The van der Waals surface area contributed by atoms with Crippen molar-refractivity contribution in [3.63, 3.8) is 0 Å². The molecule has 2 aromatic carbocycles. The van der Waals surface area contributed by atoms with Crippen molar-refractivity contribution in [3.8, 4) is 17.2 Å². The van der Waals surface area contributed by atoms with Crippen LogP contribution in [-0.4, -0.2) is 22.2 Å². The Labute approximate surface area is 176 Å². The summed E-state index contributed by atoms with van der Waals surface area (Å²) in [6, 6.07) is 8.12. The van der Waals surface area contributed by atoms with Gasteiger partial charge in [-0.05, 0) is 67.6 Å². The lowest BCUT2D eigenvalue weighted by molar-refractivity contribution is -0.138. The van der Waals surface area contributed by atoms with Crippen molar-refractivity contribution in [3.05, 3.63) is 52.6 Å². The number of carbonyl (C=O) groups is 1. The van der Waals surface area contributed by atoms with Crippen molar-refractivity contribution in [1.82, 2.24) is 0 Å². The summed E-state index contributed by atoms with van der Waals surface area (Å²) < 4.78 is 5.87. The van der Waals surface area contributed by atoms with Crippen LogP contribution in [0.2, 0.25) is 0 Å². The van der Waals surface area contributed by atoms with Crippen LogP contribution < -0.4 is 10.5 Å². The van der Waals surface area contributed by atoms with Gasteiger partial charge in [0.2, 0.25) is 0 Å². The average molecular weight is 406 g/mol. The number of benzene rings is 2. The van der Waals surface area contributed by atoms with Gasteiger partial charge in [0, 0.05) is 0 Å². The molecule has 29 heavy (non-hydrogen) atoms. The second-order valence-corrected chi connectivity index (χ2v) is 5.76. The molecular weight excluding hydrogens is 366 g/mol. The normalized spacial score (nSPS) is 10.1. The fraction of sp³-hybridized carbons (Fsp3) is 0.458. The number of rotatable bonds is 5. The lowest BCUT2D eigenvalue weighted by Crippen LogP contribution is -2.32. The first-order valence-corrected chi connectivity index (χ1v) is 10.3. The van der Waals surface area contributed by atoms with Crippen LogP contribution in [0.3, 0.4) is 0 Å². The van der Waals surface area contributed by atoms with Crippen LogP contribution in [0.25, 0.3) is 0 Å². The van der Waals surface area contributed by atoms with Crippen molar-refractivity contribution in [2.24, 2.45) is 5.73 Å². The third-order valence-electron chi connectivity index (χ3n) is 3.70. The number of nitrogens with two attached hydrogens (primary N) is 1. The molecule has 2 aromatic rings. The van der Waals surface area contributed by atoms with E-state index >= 15 is 0 Å². The third kappa shape index (κ3) is 9.48. The number of phenols is 1. The summed E-state index contributed by atoms with van der Waals surface area (Å²) in [5, 5.41) is 18.7. The minimum atomic E-state index is -1.02. The predicted molar refractivity (Wildman–Crippen MR) is 122 cm³/mol. The zero-order valence-corrected chi connectivity index (χ0v) is 19.5. The maximum Gasteiger partial charge on any atom is 0.320 e. The number of carboxylic acid groups (broad SMARTS) is 1. The molecule has 0 aliphatic rings. The maximum atomic E-state index is 10.8. The van der Waals surface area contributed by atoms with Gasteiger partial charge in [0.1, 0.15) is 23.3 Å². The topological polar surface area (TPSA) is 92.8 Å². The summed E-state index contributed by atoms with van der Waals surface area (Å²) in [6.45, 7) is 17.5. The molecule has 5 heteroatoms. The SMILES string of the molecule is CC.CC.CC.Cc1cc(CC(N)C(=O)O)ccc1Oc1cc(C)c(O)c(C)c1. The van der Waals surface area contributed by atoms with Crippen LogP contribution >= 0.6 is 0 Å². The Kier molecular flexibility index (Phi) is 15.2. The Bertz CT molecular complexity index is 719. The molecule has 0 saturated carbocycles. The highest BCUT2D eigenvalue weighted by molar-refractivity contribution is 5.73. The standard InChI is InChI=1S/C18H21NO4.3C2H6/c1-10-6-13(9-15(19)18(21)22)4-5-16(10)23-14-7-11(2)17(20)12(3)8-14;3*1-2/h4-8,15,20H,9,19H2,1-3H3,(H,21,22);3*1-2H3. The Morgan fingerprint density at radius 2 is 1.41 bits per heavy atom. The molecule has 0 fully saturated rings. The van der Waals surface area contributed by atoms with Gasteiger partial charge in [0.05, 0.1) is 0 Å². The third-order valence-corrected chi connectivity index (χ3v) is 3.70. The highest BCUT2D eigenvalue weighted by atomic mass is 16.5. The van der Waals surface area contributed by atoms with Gasteiger partial charge in [0.25, 0.3) is 0 Å². The van der Waals surface area contributed by atoms with Crippen molar-refractivity contribution in [1.29, 1.82) is 0 Å². The largest absolute Gasteiger partial charge is 0.507 e. The number of hydrogen-bond donors (Lipinski definition) is 3. The van der Waals surface area contributed by atoms with Gasteiger partial charge in [-0.1, -0.05) is 53.7 Å². The molecule has 4 N–H and O–H groups in total. The van der Waals surface area contributed by atoms with Crippen LogP contribution in [-0.2, 0) is 11.2 Å². The van der Waals surface area contributed by atoms with E-state index in [-0.39, 0.29) is 12.2 Å². The number of carboxylic acids is 1. The van der Waals surface area contributed by atoms with Gasteiger partial charge in [-0.2, -0.15) is 0 Å². The molecule has 1 atom stereocenters. The molecule has 1 unspecified atom stereocenters. The summed E-state index contributed by atoms with van der Waals surface area (Å²) in [5.74, 6) is 0.586. The van der Waals surface area contributed by atoms with E-state index in [1.54, 1.807) is 18.2 Å². The predicted octanol–water partition coefficient (Wildman–Crippen LogP) is 6.14. The molecule has 0 radical (unpaired) electrons. The van der Waals surface area contributed by atoms with E-state index in [4.69, 9.17) is 15.6 Å². The van der Waals surface area contributed by atoms with Gasteiger partial charge >= 0.3 is 5.97 Å². The van der Waals surface area contributed by atoms with Crippen molar-refractivity contribution in [2.45, 2.75) is 74.8 Å². The monoisotopic (exact) mass is 405 g/mol. The molecule has 0 saturated heterocycles. The quantitative estimate of drug-likeness (QED) is 0.555. The maximum absolute atomic E-state index is 10.8. The van der Waals surface area contributed by atoms with Gasteiger partial charge < -0.3 is 20.7 Å². The van der Waals surface area contributed by atoms with E-state index in [0.717, 1.165) is 22.3 Å². The van der Waals surface area contributed by atoms with Gasteiger partial charge in [-0.3, -0.25) is 4.79 Å². The fourth-order valence-electron chi connectivity index (χ4n) is 2.40. The Balaban J connectivity index is 0. The highest BCUT2D eigenvalue weighted by Gasteiger charge is 2.13. The first kappa shape index (κ1) is 28.7. The lowest BCUT2D eigenvalue weighted by Gasteiger charge is -2.13. The van der Waals surface area contributed by atoms with Crippen LogP contribution in [0.4, 0.5) is 0 Å². The van der Waals surface area contributed by atoms with E-state index in [1.165, 1.54) is 0 Å². The van der Waals surface area contributed by atoms with Crippen LogP contribution in [0.5, 0.6) is 17.2 Å². The fourth-order valence-corrected chi connectivity index (χ4v) is 2.40. The van der Waals surface area contributed by atoms with Crippen LogP contribution in [0.1, 0.15) is 63.8 Å². The van der Waals surface area contributed by atoms with E-state index in [1.807, 2.05) is 74.4 Å². The minimum Gasteiger partial charge on any atom is -0.507 e. The second-order valence-electron chi connectivity index (χ2n) is 5.76. The van der Waals surface area contributed by atoms with Gasteiger partial charge in [0.15, 0.2) is 0 Å². The van der Waals surface area contributed by atoms with Crippen molar-refractivity contribution in [2.75, 3.05) is 0 Å². The molecule has 164 valence electrons. The summed E-state index contributed by atoms with van der Waals surface area (Å²) in [7, 11) is 0. The summed E-state index contributed by atoms with van der Waals surface area (Å²) in [4.78, 5) is 10.8. The number of aryl methyl sites for hydroxylation is 3. The Morgan fingerprint density at radius 1 is 0.931 bits per heavy atom. The van der Waals surface area contributed by atoms with Crippen LogP contribution in [0, 0.1) is 20.8 Å². The molecule has 0 aliphatic heterocycles. The van der Waals surface area contributed by atoms with Gasteiger partial charge in [-0.25, -0.2) is 0 Å². The molecule has 0 amide bonds. The molecule has 2 rings (SSSR count). The first-order chi connectivity index (χ1) is 13.8. The number of aromatic hydroxyl groups is 1. The summed E-state index contributed by atoms with van der Waals surface area (Å²) in [5.41, 5.74) is 8.80. The molecule has 0 aliphatic carbocycles. The first-order valence-electron chi connectivity index (χ1n) is 10.3. The molecule has 0 heterocycles. The van der Waals surface area contributed by atoms with E-state index < -0.39 is 12.0 Å². The van der Waals surface area contributed by atoms with E-state index in [9.17, 15) is 9.90 Å². The van der Waals surface area contributed by atoms with E-state index in [2.05, 4.69) is 0 Å². The minimum absolute atomic E-state index is 0.270.